The predicted octanol–water partition coefficient (Wildman–Crippen LogP) is 2.84. The van der Waals surface area contributed by atoms with Crippen molar-refractivity contribution in [2.45, 2.75) is 23.6 Å². The Kier molecular flexibility index (Phi) is 6.17. The maximum Gasteiger partial charge on any atom is 0.246 e. The lowest BCUT2D eigenvalue weighted by molar-refractivity contribution is 0.272. The molecule has 0 bridgehead atoms. The maximum atomic E-state index is 13.4. The average Bonchev–Trinajstić information content (AvgIpc) is 3.09. The monoisotopic (exact) mass is 494 g/mol. The van der Waals surface area contributed by atoms with Crippen molar-refractivity contribution in [1.82, 2.24) is 18.4 Å². The Morgan fingerprint density at radius 2 is 1.31 bits per heavy atom. The molecule has 1 saturated heterocycles. The summed E-state index contributed by atoms with van der Waals surface area (Å²) in [4.78, 5) is 0.296. The second-order valence-electron chi connectivity index (χ2n) is 7.51. The summed E-state index contributed by atoms with van der Waals surface area (Å²) in [5.41, 5.74) is 1.70. The molecule has 0 amide bonds. The van der Waals surface area contributed by atoms with E-state index in [1.54, 1.807) is 18.5 Å². The Morgan fingerprint density at radius 3 is 1.88 bits per heavy atom. The van der Waals surface area contributed by atoms with E-state index in [-0.39, 0.29) is 36.0 Å². The molecule has 1 aromatic heterocycles. The number of para-hydroxylation sites is 1. The quantitative estimate of drug-likeness (QED) is 0.543. The van der Waals surface area contributed by atoms with Gasteiger partial charge in [0.05, 0.1) is 22.0 Å². The molecule has 0 saturated carbocycles. The molecular formula is C21H23ClN4O4S2. The Bertz CT molecular complexity index is 1330. The van der Waals surface area contributed by atoms with Gasteiger partial charge < -0.3 is 0 Å². The molecule has 0 radical (unpaired) electrons. The molecule has 0 atom stereocenters. The molecule has 11 heteroatoms. The molecule has 0 aliphatic carbocycles. The van der Waals surface area contributed by atoms with Crippen LogP contribution in [0.1, 0.15) is 11.4 Å². The van der Waals surface area contributed by atoms with E-state index in [4.69, 9.17) is 11.6 Å². The number of aryl methyl sites for hydroxylation is 1. The van der Waals surface area contributed by atoms with Gasteiger partial charge in [0.15, 0.2) is 0 Å². The van der Waals surface area contributed by atoms with Gasteiger partial charge in [0.2, 0.25) is 20.0 Å². The number of benzene rings is 2. The smallest absolute Gasteiger partial charge is 0.236 e. The van der Waals surface area contributed by atoms with E-state index < -0.39 is 20.0 Å². The fraction of sp³-hybridized carbons (Fsp3) is 0.286. The average molecular weight is 495 g/mol. The van der Waals surface area contributed by atoms with E-state index in [1.165, 1.54) is 32.9 Å². The number of hydrogen-bond donors (Lipinski definition) is 0. The molecule has 3 aromatic rings. The van der Waals surface area contributed by atoms with Crippen LogP contribution in [0.2, 0.25) is 5.02 Å². The summed E-state index contributed by atoms with van der Waals surface area (Å²) in [7, 11) is -7.56. The predicted molar refractivity (Wildman–Crippen MR) is 122 cm³/mol. The normalized spacial score (nSPS) is 16.3. The number of halogens is 1. The van der Waals surface area contributed by atoms with Crippen molar-refractivity contribution < 1.29 is 16.8 Å². The van der Waals surface area contributed by atoms with Gasteiger partial charge in [-0.05, 0) is 50.2 Å². The van der Waals surface area contributed by atoms with E-state index in [2.05, 4.69) is 5.10 Å². The van der Waals surface area contributed by atoms with Crippen molar-refractivity contribution >= 4 is 31.6 Å². The SMILES string of the molecule is Cc1nn(-c2ccccc2)c(C)c1S(=O)(=O)N1CCN(S(=O)(=O)c2ccc(Cl)cc2)CC1. The van der Waals surface area contributed by atoms with Crippen LogP contribution in [0.4, 0.5) is 0 Å². The Hall–Kier alpha value is -2.24. The zero-order valence-electron chi connectivity index (χ0n) is 17.6. The topological polar surface area (TPSA) is 92.6 Å². The maximum absolute atomic E-state index is 13.4. The summed E-state index contributed by atoms with van der Waals surface area (Å²) in [5.74, 6) is 0. The number of rotatable bonds is 5. The highest BCUT2D eigenvalue weighted by Gasteiger charge is 2.36. The number of nitrogens with zero attached hydrogens (tertiary/aromatic N) is 4. The van der Waals surface area contributed by atoms with Crippen molar-refractivity contribution in [2.24, 2.45) is 0 Å². The first kappa shape index (κ1) is 22.9. The van der Waals surface area contributed by atoms with Crippen molar-refractivity contribution in [3.63, 3.8) is 0 Å². The summed E-state index contributed by atoms with van der Waals surface area (Å²) >= 11 is 5.85. The Balaban J connectivity index is 1.56. The fourth-order valence-electron chi connectivity index (χ4n) is 3.86. The molecular weight excluding hydrogens is 472 g/mol. The van der Waals surface area contributed by atoms with Crippen LogP contribution in [0.25, 0.3) is 5.69 Å². The third kappa shape index (κ3) is 4.08. The van der Waals surface area contributed by atoms with E-state index in [0.29, 0.717) is 16.4 Å². The van der Waals surface area contributed by atoms with Crippen LogP contribution in [-0.2, 0) is 20.0 Å². The number of aromatic nitrogens is 2. The van der Waals surface area contributed by atoms with Crippen molar-refractivity contribution in [3.05, 3.63) is 71.0 Å². The molecule has 170 valence electrons. The molecule has 1 aliphatic rings. The minimum absolute atomic E-state index is 0.0601. The van der Waals surface area contributed by atoms with Gasteiger partial charge in [-0.2, -0.15) is 13.7 Å². The van der Waals surface area contributed by atoms with Crippen LogP contribution < -0.4 is 0 Å². The van der Waals surface area contributed by atoms with Gasteiger partial charge in [0, 0.05) is 31.2 Å². The number of piperazine rings is 1. The molecule has 0 spiro atoms. The largest absolute Gasteiger partial charge is 0.246 e. The van der Waals surface area contributed by atoms with Crippen molar-refractivity contribution in [3.8, 4) is 5.69 Å². The van der Waals surface area contributed by atoms with Gasteiger partial charge in [-0.15, -0.1) is 0 Å². The molecule has 0 unspecified atom stereocenters. The van der Waals surface area contributed by atoms with Gasteiger partial charge in [-0.25, -0.2) is 21.5 Å². The van der Waals surface area contributed by atoms with E-state index in [1.807, 2.05) is 30.3 Å². The first-order valence-electron chi connectivity index (χ1n) is 10.00. The number of hydrogen-bond acceptors (Lipinski definition) is 5. The van der Waals surface area contributed by atoms with Crippen LogP contribution in [0, 0.1) is 13.8 Å². The van der Waals surface area contributed by atoms with Crippen LogP contribution in [0.5, 0.6) is 0 Å². The molecule has 1 aliphatic heterocycles. The number of sulfonamides is 2. The molecule has 1 fully saturated rings. The lowest BCUT2D eigenvalue weighted by atomic mass is 10.3. The third-order valence-electron chi connectivity index (χ3n) is 5.47. The second kappa shape index (κ2) is 8.60. The summed E-state index contributed by atoms with van der Waals surface area (Å²) < 4.78 is 56.9. The molecule has 0 N–H and O–H groups in total. The lowest BCUT2D eigenvalue weighted by Gasteiger charge is -2.33. The van der Waals surface area contributed by atoms with Crippen LogP contribution >= 0.6 is 11.6 Å². The van der Waals surface area contributed by atoms with Crippen LogP contribution in [0.3, 0.4) is 0 Å². The Labute approximate surface area is 193 Å². The first-order chi connectivity index (χ1) is 15.1. The van der Waals surface area contributed by atoms with E-state index in [0.717, 1.165) is 5.69 Å². The summed E-state index contributed by atoms with van der Waals surface area (Å²) in [6, 6.07) is 15.3. The summed E-state index contributed by atoms with van der Waals surface area (Å²) in [5, 5.41) is 4.88. The minimum atomic E-state index is -3.84. The highest BCUT2D eigenvalue weighted by Crippen LogP contribution is 2.27. The fourth-order valence-corrected chi connectivity index (χ4v) is 7.18. The van der Waals surface area contributed by atoms with Gasteiger partial charge >= 0.3 is 0 Å². The lowest BCUT2D eigenvalue weighted by Crippen LogP contribution is -2.50. The van der Waals surface area contributed by atoms with Crippen LogP contribution in [-0.4, -0.2) is 61.4 Å². The van der Waals surface area contributed by atoms with Crippen LogP contribution in [0.15, 0.2) is 64.4 Å². The molecule has 32 heavy (non-hydrogen) atoms. The van der Waals surface area contributed by atoms with Gasteiger partial charge in [0.25, 0.3) is 0 Å². The summed E-state index contributed by atoms with van der Waals surface area (Å²) in [6.07, 6.45) is 0. The van der Waals surface area contributed by atoms with Crippen molar-refractivity contribution in [2.75, 3.05) is 26.2 Å². The second-order valence-corrected chi connectivity index (χ2v) is 11.8. The van der Waals surface area contributed by atoms with Gasteiger partial charge in [0.1, 0.15) is 4.90 Å². The van der Waals surface area contributed by atoms with E-state index in [9.17, 15) is 16.8 Å². The van der Waals surface area contributed by atoms with Gasteiger partial charge in [-0.3, -0.25) is 0 Å². The van der Waals surface area contributed by atoms with E-state index >= 15 is 0 Å². The highest BCUT2D eigenvalue weighted by atomic mass is 35.5. The molecule has 2 heterocycles. The standard InChI is InChI=1S/C21H23ClN4O4S2/c1-16-21(17(2)26(23-16)19-6-4-3-5-7-19)32(29,30)25-14-12-24(13-15-25)31(27,28)20-10-8-18(22)9-11-20/h3-11H,12-15H2,1-2H3. The molecule has 8 nitrogen and oxygen atoms in total. The minimum Gasteiger partial charge on any atom is -0.236 e. The molecule has 2 aromatic carbocycles. The third-order valence-corrected chi connectivity index (χ3v) is 9.79. The van der Waals surface area contributed by atoms with Crippen molar-refractivity contribution in [1.29, 1.82) is 0 Å². The molecule has 4 rings (SSSR count). The highest BCUT2D eigenvalue weighted by molar-refractivity contribution is 7.89. The zero-order chi connectivity index (χ0) is 23.1. The summed E-state index contributed by atoms with van der Waals surface area (Å²) in [6.45, 7) is 3.64. The zero-order valence-corrected chi connectivity index (χ0v) is 20.0. The van der Waals surface area contributed by atoms with Gasteiger partial charge in [-0.1, -0.05) is 29.8 Å². The first-order valence-corrected chi connectivity index (χ1v) is 13.3. The Morgan fingerprint density at radius 1 is 0.781 bits per heavy atom.